The van der Waals surface area contributed by atoms with Crippen molar-refractivity contribution in [1.29, 1.82) is 0 Å². The maximum atomic E-state index is 12.2. The van der Waals surface area contributed by atoms with Gasteiger partial charge < -0.3 is 16.0 Å². The van der Waals surface area contributed by atoms with Gasteiger partial charge in [0, 0.05) is 18.6 Å². The molecular formula is C15H23N3O. The van der Waals surface area contributed by atoms with Crippen LogP contribution in [0.1, 0.15) is 31.4 Å². The van der Waals surface area contributed by atoms with Crippen LogP contribution in [0.4, 0.5) is 0 Å². The summed E-state index contributed by atoms with van der Waals surface area (Å²) in [6.45, 7) is 3.21. The third-order valence-corrected chi connectivity index (χ3v) is 4.00. The summed E-state index contributed by atoms with van der Waals surface area (Å²) in [6, 6.07) is 9.69. The van der Waals surface area contributed by atoms with E-state index < -0.39 is 6.04 Å². The molecule has 1 aromatic rings. The number of nitrogens with zero attached hydrogens (tertiary/aromatic N) is 1. The van der Waals surface area contributed by atoms with Crippen molar-refractivity contribution in [1.82, 2.24) is 10.2 Å². The molecule has 1 saturated heterocycles. The summed E-state index contributed by atoms with van der Waals surface area (Å²) in [4.78, 5) is 14.5. The monoisotopic (exact) mass is 261 g/mol. The van der Waals surface area contributed by atoms with E-state index in [9.17, 15) is 4.79 Å². The zero-order chi connectivity index (χ0) is 13.8. The summed E-state index contributed by atoms with van der Waals surface area (Å²) in [5.74, 6) is -0.0760. The molecule has 4 heteroatoms. The van der Waals surface area contributed by atoms with Crippen LogP contribution in [0.3, 0.4) is 0 Å². The average molecular weight is 261 g/mol. The van der Waals surface area contributed by atoms with Gasteiger partial charge in [-0.15, -0.1) is 0 Å². The van der Waals surface area contributed by atoms with Gasteiger partial charge in [-0.1, -0.05) is 30.3 Å². The molecular weight excluding hydrogens is 238 g/mol. The van der Waals surface area contributed by atoms with Crippen molar-refractivity contribution in [3.8, 4) is 0 Å². The van der Waals surface area contributed by atoms with Gasteiger partial charge in [0.2, 0.25) is 5.91 Å². The Kier molecular flexibility index (Phi) is 4.56. The average Bonchev–Trinajstić information content (AvgIpc) is 2.43. The van der Waals surface area contributed by atoms with E-state index in [1.54, 1.807) is 0 Å². The van der Waals surface area contributed by atoms with E-state index in [2.05, 4.69) is 24.2 Å². The largest absolute Gasteiger partial charge is 0.352 e. The Morgan fingerprint density at radius 2 is 2.11 bits per heavy atom. The van der Waals surface area contributed by atoms with Crippen LogP contribution >= 0.6 is 0 Å². The number of likely N-dealkylation sites (tertiary alicyclic amines) is 1. The van der Waals surface area contributed by atoms with Crippen LogP contribution in [0.5, 0.6) is 0 Å². The number of nitrogens with one attached hydrogen (secondary N) is 1. The van der Waals surface area contributed by atoms with Gasteiger partial charge in [0.25, 0.3) is 0 Å². The van der Waals surface area contributed by atoms with Crippen LogP contribution in [-0.4, -0.2) is 36.5 Å². The summed E-state index contributed by atoms with van der Waals surface area (Å²) < 4.78 is 0. The lowest BCUT2D eigenvalue weighted by Crippen LogP contribution is -2.49. The number of rotatable bonds is 3. The molecule has 1 aromatic carbocycles. The number of carbonyl (C=O) groups is 1. The molecule has 2 rings (SSSR count). The zero-order valence-electron chi connectivity index (χ0n) is 11.7. The van der Waals surface area contributed by atoms with Gasteiger partial charge in [0.1, 0.15) is 6.04 Å². The molecule has 1 aliphatic heterocycles. The van der Waals surface area contributed by atoms with Crippen molar-refractivity contribution in [2.24, 2.45) is 5.73 Å². The maximum absolute atomic E-state index is 12.2. The van der Waals surface area contributed by atoms with Crippen LogP contribution in [-0.2, 0) is 4.79 Å². The highest BCUT2D eigenvalue weighted by Gasteiger charge is 2.25. The van der Waals surface area contributed by atoms with E-state index in [0.717, 1.165) is 24.9 Å². The third-order valence-electron chi connectivity index (χ3n) is 4.00. The molecule has 1 fully saturated rings. The molecule has 0 spiro atoms. The predicted octanol–water partition coefficient (Wildman–Crippen LogP) is 1.29. The highest BCUT2D eigenvalue weighted by atomic mass is 16.2. The third kappa shape index (κ3) is 3.55. The Morgan fingerprint density at radius 1 is 1.42 bits per heavy atom. The van der Waals surface area contributed by atoms with Gasteiger partial charge in [-0.25, -0.2) is 0 Å². The first-order valence-corrected chi connectivity index (χ1v) is 6.89. The first-order valence-electron chi connectivity index (χ1n) is 6.89. The molecule has 19 heavy (non-hydrogen) atoms. The van der Waals surface area contributed by atoms with Crippen molar-refractivity contribution in [3.05, 3.63) is 35.9 Å². The SMILES string of the molecule is CC1CC(NC(=O)[C@H](N)c2ccccc2)CCN1C. The molecule has 0 radical (unpaired) electrons. The Labute approximate surface area is 115 Å². The van der Waals surface area contributed by atoms with E-state index >= 15 is 0 Å². The lowest BCUT2D eigenvalue weighted by Gasteiger charge is -2.35. The minimum Gasteiger partial charge on any atom is -0.352 e. The quantitative estimate of drug-likeness (QED) is 0.862. The molecule has 3 N–H and O–H groups in total. The molecule has 0 aliphatic carbocycles. The zero-order valence-corrected chi connectivity index (χ0v) is 11.7. The summed E-state index contributed by atoms with van der Waals surface area (Å²) in [5.41, 5.74) is 6.86. The number of nitrogens with two attached hydrogens (primary N) is 1. The highest BCUT2D eigenvalue weighted by molar-refractivity contribution is 5.83. The minimum atomic E-state index is -0.573. The number of hydrogen-bond acceptors (Lipinski definition) is 3. The van der Waals surface area contributed by atoms with Crippen LogP contribution < -0.4 is 11.1 Å². The highest BCUT2D eigenvalue weighted by Crippen LogP contribution is 2.17. The van der Waals surface area contributed by atoms with Gasteiger partial charge in [0.05, 0.1) is 0 Å². The van der Waals surface area contributed by atoms with Crippen LogP contribution in [0.25, 0.3) is 0 Å². The topological polar surface area (TPSA) is 58.4 Å². The van der Waals surface area contributed by atoms with Crippen LogP contribution in [0, 0.1) is 0 Å². The Bertz CT molecular complexity index is 421. The van der Waals surface area contributed by atoms with Gasteiger partial charge in [-0.3, -0.25) is 4.79 Å². The van der Waals surface area contributed by atoms with Crippen molar-refractivity contribution >= 4 is 5.91 Å². The van der Waals surface area contributed by atoms with Gasteiger partial charge in [0.15, 0.2) is 0 Å². The molecule has 3 atom stereocenters. The van der Waals surface area contributed by atoms with E-state index in [0.29, 0.717) is 6.04 Å². The molecule has 4 nitrogen and oxygen atoms in total. The second kappa shape index (κ2) is 6.17. The molecule has 2 unspecified atom stereocenters. The molecule has 0 saturated carbocycles. The fourth-order valence-electron chi connectivity index (χ4n) is 2.52. The minimum absolute atomic E-state index is 0.0760. The summed E-state index contributed by atoms with van der Waals surface area (Å²) in [5, 5.41) is 3.08. The lowest BCUT2D eigenvalue weighted by molar-refractivity contribution is -0.123. The Morgan fingerprint density at radius 3 is 2.74 bits per heavy atom. The number of piperidine rings is 1. The standard InChI is InChI=1S/C15H23N3O/c1-11-10-13(8-9-18(11)2)17-15(19)14(16)12-6-4-3-5-7-12/h3-7,11,13-14H,8-10,16H2,1-2H3,(H,17,19)/t11?,13?,14-/m1/s1. The molecule has 1 heterocycles. The predicted molar refractivity (Wildman–Crippen MR) is 76.6 cm³/mol. The van der Waals surface area contributed by atoms with Gasteiger partial charge in [-0.05, 0) is 32.4 Å². The normalized spacial score (nSPS) is 25.8. The number of hydrogen-bond donors (Lipinski definition) is 2. The summed E-state index contributed by atoms with van der Waals surface area (Å²) in [7, 11) is 2.12. The van der Waals surface area contributed by atoms with Crippen molar-refractivity contribution in [3.63, 3.8) is 0 Å². The summed E-state index contributed by atoms with van der Waals surface area (Å²) >= 11 is 0. The van der Waals surface area contributed by atoms with Crippen LogP contribution in [0.2, 0.25) is 0 Å². The Balaban J connectivity index is 1.91. The molecule has 0 bridgehead atoms. The number of benzene rings is 1. The van der Waals surface area contributed by atoms with Gasteiger partial charge >= 0.3 is 0 Å². The number of carbonyl (C=O) groups excluding carboxylic acids is 1. The van der Waals surface area contributed by atoms with Crippen LogP contribution in [0.15, 0.2) is 30.3 Å². The smallest absolute Gasteiger partial charge is 0.241 e. The lowest BCUT2D eigenvalue weighted by atomic mass is 9.98. The van der Waals surface area contributed by atoms with E-state index in [1.165, 1.54) is 0 Å². The molecule has 0 aromatic heterocycles. The molecule has 104 valence electrons. The summed E-state index contributed by atoms with van der Waals surface area (Å²) in [6.07, 6.45) is 1.98. The van der Waals surface area contributed by atoms with E-state index in [4.69, 9.17) is 5.73 Å². The number of amides is 1. The molecule has 1 amide bonds. The fraction of sp³-hybridized carbons (Fsp3) is 0.533. The molecule has 1 aliphatic rings. The van der Waals surface area contributed by atoms with E-state index in [1.807, 2.05) is 30.3 Å². The fourth-order valence-corrected chi connectivity index (χ4v) is 2.52. The van der Waals surface area contributed by atoms with Crippen molar-refractivity contribution < 1.29 is 4.79 Å². The van der Waals surface area contributed by atoms with Crippen molar-refractivity contribution in [2.45, 2.75) is 37.9 Å². The Hall–Kier alpha value is -1.39. The van der Waals surface area contributed by atoms with Gasteiger partial charge in [-0.2, -0.15) is 0 Å². The second-order valence-electron chi connectivity index (χ2n) is 5.45. The van der Waals surface area contributed by atoms with E-state index in [-0.39, 0.29) is 11.9 Å². The first-order chi connectivity index (χ1) is 9.08. The second-order valence-corrected chi connectivity index (χ2v) is 5.45. The first kappa shape index (κ1) is 14.0. The van der Waals surface area contributed by atoms with Crippen molar-refractivity contribution in [2.75, 3.05) is 13.6 Å². The maximum Gasteiger partial charge on any atom is 0.241 e.